The quantitative estimate of drug-likeness (QED) is 0.633. The van der Waals surface area contributed by atoms with Crippen LogP contribution in [0.15, 0.2) is 22.7 Å². The molecule has 1 aliphatic carbocycles. The topological polar surface area (TPSA) is 38.0 Å². The summed E-state index contributed by atoms with van der Waals surface area (Å²) in [7, 11) is 0. The predicted octanol–water partition coefficient (Wildman–Crippen LogP) is 4.48. The van der Waals surface area contributed by atoms with Crippen LogP contribution in [0.25, 0.3) is 0 Å². The van der Waals surface area contributed by atoms with E-state index in [-0.39, 0.29) is 6.04 Å². The van der Waals surface area contributed by atoms with E-state index in [9.17, 15) is 0 Å². The van der Waals surface area contributed by atoms with Gasteiger partial charge in [-0.1, -0.05) is 54.2 Å². The van der Waals surface area contributed by atoms with Crippen molar-refractivity contribution in [3.05, 3.63) is 33.8 Å². The summed E-state index contributed by atoms with van der Waals surface area (Å²) < 4.78 is 1.17. The highest BCUT2D eigenvalue weighted by atomic mass is 79.9. The van der Waals surface area contributed by atoms with Gasteiger partial charge in [-0.3, -0.25) is 11.3 Å². The van der Waals surface area contributed by atoms with Crippen LogP contribution in [0.5, 0.6) is 0 Å². The normalized spacial score (nSPS) is 25.3. The van der Waals surface area contributed by atoms with Gasteiger partial charge >= 0.3 is 0 Å². The van der Waals surface area contributed by atoms with Crippen molar-refractivity contribution in [1.29, 1.82) is 0 Å². The average Bonchev–Trinajstić information content (AvgIpc) is 2.45. The Morgan fingerprint density at radius 1 is 1.32 bits per heavy atom. The molecule has 3 N–H and O–H groups in total. The maximum absolute atomic E-state index is 5.86. The Morgan fingerprint density at radius 2 is 2.00 bits per heavy atom. The molecule has 0 aliphatic heterocycles. The van der Waals surface area contributed by atoms with E-state index in [0.717, 1.165) is 5.92 Å². The number of hydrogen-bond acceptors (Lipinski definition) is 2. The van der Waals surface area contributed by atoms with Crippen molar-refractivity contribution in [2.45, 2.75) is 52.0 Å². The molecule has 1 aliphatic rings. The molecule has 2 rings (SSSR count). The van der Waals surface area contributed by atoms with E-state index in [1.54, 1.807) is 0 Å². The molecular formula is C16H25BrN2. The lowest BCUT2D eigenvalue weighted by atomic mass is 9.75. The molecule has 0 aromatic heterocycles. The average molecular weight is 325 g/mol. The van der Waals surface area contributed by atoms with Crippen molar-refractivity contribution in [2.24, 2.45) is 17.7 Å². The van der Waals surface area contributed by atoms with Crippen LogP contribution in [-0.2, 0) is 0 Å². The Kier molecular flexibility index (Phi) is 5.43. The molecule has 0 bridgehead atoms. The van der Waals surface area contributed by atoms with E-state index >= 15 is 0 Å². The SMILES string of the molecule is CCC1CCC(C(NN)c2cccc(Br)c2C)CC1. The van der Waals surface area contributed by atoms with Crippen molar-refractivity contribution in [3.8, 4) is 0 Å². The van der Waals surface area contributed by atoms with Crippen LogP contribution in [-0.4, -0.2) is 0 Å². The minimum Gasteiger partial charge on any atom is -0.271 e. The van der Waals surface area contributed by atoms with Gasteiger partial charge in [0.2, 0.25) is 0 Å². The number of rotatable bonds is 4. The van der Waals surface area contributed by atoms with Gasteiger partial charge in [-0.05, 0) is 48.8 Å². The largest absolute Gasteiger partial charge is 0.271 e. The van der Waals surface area contributed by atoms with E-state index in [1.165, 1.54) is 47.7 Å². The summed E-state index contributed by atoms with van der Waals surface area (Å²) in [5, 5.41) is 0. The third-order valence-electron chi connectivity index (χ3n) is 4.76. The third-order valence-corrected chi connectivity index (χ3v) is 5.62. The molecule has 106 valence electrons. The van der Waals surface area contributed by atoms with E-state index in [2.05, 4.69) is 53.4 Å². The first kappa shape index (κ1) is 15.0. The second kappa shape index (κ2) is 6.87. The first-order chi connectivity index (χ1) is 9.17. The van der Waals surface area contributed by atoms with E-state index in [1.807, 2.05) is 0 Å². The van der Waals surface area contributed by atoms with Crippen LogP contribution in [0, 0.1) is 18.8 Å². The highest BCUT2D eigenvalue weighted by Crippen LogP contribution is 2.39. The molecule has 1 aromatic carbocycles. The summed E-state index contributed by atoms with van der Waals surface area (Å²) in [5.41, 5.74) is 5.72. The Balaban J connectivity index is 2.14. The Morgan fingerprint density at radius 3 is 2.58 bits per heavy atom. The zero-order valence-corrected chi connectivity index (χ0v) is 13.5. The summed E-state index contributed by atoms with van der Waals surface area (Å²) >= 11 is 3.62. The van der Waals surface area contributed by atoms with Crippen LogP contribution in [0.3, 0.4) is 0 Å². The van der Waals surface area contributed by atoms with Gasteiger partial charge < -0.3 is 0 Å². The van der Waals surface area contributed by atoms with Gasteiger partial charge in [0, 0.05) is 10.5 Å². The number of nitrogens with two attached hydrogens (primary N) is 1. The van der Waals surface area contributed by atoms with Crippen LogP contribution in [0.1, 0.15) is 56.2 Å². The summed E-state index contributed by atoms with van der Waals surface area (Å²) in [6.07, 6.45) is 6.61. The lowest BCUT2D eigenvalue weighted by Gasteiger charge is -2.34. The maximum atomic E-state index is 5.86. The Bertz CT molecular complexity index is 411. The van der Waals surface area contributed by atoms with Crippen LogP contribution >= 0.6 is 15.9 Å². The van der Waals surface area contributed by atoms with E-state index in [0.29, 0.717) is 5.92 Å². The van der Waals surface area contributed by atoms with Crippen LogP contribution in [0.4, 0.5) is 0 Å². The highest BCUT2D eigenvalue weighted by molar-refractivity contribution is 9.10. The molecule has 3 heteroatoms. The third kappa shape index (κ3) is 3.39. The predicted molar refractivity (Wildman–Crippen MR) is 84.7 cm³/mol. The van der Waals surface area contributed by atoms with Gasteiger partial charge in [0.05, 0.1) is 0 Å². The van der Waals surface area contributed by atoms with Crippen molar-refractivity contribution in [2.75, 3.05) is 0 Å². The minimum atomic E-state index is 0.287. The molecule has 19 heavy (non-hydrogen) atoms. The maximum Gasteiger partial charge on any atom is 0.0491 e. The van der Waals surface area contributed by atoms with Crippen LogP contribution < -0.4 is 11.3 Å². The molecule has 0 spiro atoms. The number of nitrogens with one attached hydrogen (secondary N) is 1. The Hall–Kier alpha value is -0.380. The smallest absolute Gasteiger partial charge is 0.0491 e. The number of benzene rings is 1. The van der Waals surface area contributed by atoms with Gasteiger partial charge in [-0.25, -0.2) is 0 Å². The molecule has 0 saturated heterocycles. The van der Waals surface area contributed by atoms with Crippen molar-refractivity contribution >= 4 is 15.9 Å². The van der Waals surface area contributed by atoms with Gasteiger partial charge in [0.25, 0.3) is 0 Å². The molecule has 1 fully saturated rings. The second-order valence-electron chi connectivity index (χ2n) is 5.79. The fourth-order valence-electron chi connectivity index (χ4n) is 3.37. The van der Waals surface area contributed by atoms with Crippen molar-refractivity contribution in [1.82, 2.24) is 5.43 Å². The minimum absolute atomic E-state index is 0.287. The molecule has 1 unspecified atom stereocenters. The molecule has 0 heterocycles. The number of hydrogen-bond donors (Lipinski definition) is 2. The molecule has 1 aromatic rings. The molecular weight excluding hydrogens is 300 g/mol. The lowest BCUT2D eigenvalue weighted by molar-refractivity contribution is 0.219. The first-order valence-electron chi connectivity index (χ1n) is 7.38. The molecule has 1 saturated carbocycles. The fraction of sp³-hybridized carbons (Fsp3) is 0.625. The summed E-state index contributed by atoms with van der Waals surface area (Å²) in [4.78, 5) is 0. The summed E-state index contributed by atoms with van der Waals surface area (Å²) in [6.45, 7) is 4.48. The first-order valence-corrected chi connectivity index (χ1v) is 8.17. The standard InChI is InChI=1S/C16H25BrN2/c1-3-12-7-9-13(10-8-12)16(19-18)14-5-4-6-15(17)11(14)2/h4-6,12-13,16,19H,3,7-10,18H2,1-2H3. The van der Waals surface area contributed by atoms with Crippen molar-refractivity contribution in [3.63, 3.8) is 0 Å². The molecule has 0 amide bonds. The summed E-state index contributed by atoms with van der Waals surface area (Å²) in [6, 6.07) is 6.70. The zero-order valence-electron chi connectivity index (χ0n) is 12.0. The van der Waals surface area contributed by atoms with Gasteiger partial charge in [0.15, 0.2) is 0 Å². The van der Waals surface area contributed by atoms with E-state index in [4.69, 9.17) is 5.84 Å². The fourth-order valence-corrected chi connectivity index (χ4v) is 3.75. The molecule has 0 radical (unpaired) electrons. The monoisotopic (exact) mass is 324 g/mol. The summed E-state index contributed by atoms with van der Waals surface area (Å²) in [5.74, 6) is 7.45. The van der Waals surface area contributed by atoms with Crippen molar-refractivity contribution < 1.29 is 0 Å². The second-order valence-corrected chi connectivity index (χ2v) is 6.64. The van der Waals surface area contributed by atoms with Gasteiger partial charge in [0.1, 0.15) is 0 Å². The zero-order chi connectivity index (χ0) is 13.8. The molecule has 2 nitrogen and oxygen atoms in total. The Labute approximate surface area is 125 Å². The number of halogens is 1. The van der Waals surface area contributed by atoms with Gasteiger partial charge in [-0.15, -0.1) is 0 Å². The lowest BCUT2D eigenvalue weighted by Crippen LogP contribution is -2.35. The highest BCUT2D eigenvalue weighted by Gasteiger charge is 2.28. The van der Waals surface area contributed by atoms with E-state index < -0.39 is 0 Å². The number of hydrazine groups is 1. The van der Waals surface area contributed by atoms with Crippen LogP contribution in [0.2, 0.25) is 0 Å². The molecule has 1 atom stereocenters. The van der Waals surface area contributed by atoms with Gasteiger partial charge in [-0.2, -0.15) is 0 Å².